The number of esters is 1. The number of nitrogens with one attached hydrogen (secondary N) is 1. The van der Waals surface area contributed by atoms with Crippen LogP contribution in [0.3, 0.4) is 0 Å². The predicted molar refractivity (Wildman–Crippen MR) is 133 cm³/mol. The van der Waals surface area contributed by atoms with Crippen LogP contribution in [0.25, 0.3) is 0 Å². The van der Waals surface area contributed by atoms with Gasteiger partial charge in [-0.3, -0.25) is 0 Å². The molecule has 2 aliphatic rings. The van der Waals surface area contributed by atoms with Crippen LogP contribution in [0.4, 0.5) is 5.69 Å². The lowest BCUT2D eigenvalue weighted by molar-refractivity contribution is -0.160. The largest absolute Gasteiger partial charge is 0.481 e. The van der Waals surface area contributed by atoms with E-state index < -0.39 is 11.6 Å². The number of oxime groups is 1. The van der Waals surface area contributed by atoms with Gasteiger partial charge in [0.2, 0.25) is 11.5 Å². The number of ether oxygens (including phenoxy) is 3. The fourth-order valence-electron chi connectivity index (χ4n) is 4.41. The maximum absolute atomic E-state index is 12.8. The molecule has 2 heterocycles. The summed E-state index contributed by atoms with van der Waals surface area (Å²) in [6.45, 7) is 5.39. The highest BCUT2D eigenvalue weighted by molar-refractivity contribution is 5.96. The molecule has 0 amide bonds. The molecule has 0 radical (unpaired) electrons. The third kappa shape index (κ3) is 5.45. The molecule has 1 aromatic carbocycles. The predicted octanol–water partition coefficient (Wildman–Crippen LogP) is 3.81. The first-order valence-corrected chi connectivity index (χ1v) is 11.7. The molecule has 0 bridgehead atoms. The second-order valence-electron chi connectivity index (χ2n) is 8.35. The number of benzene rings is 1. The minimum absolute atomic E-state index is 0.131. The zero-order valence-electron chi connectivity index (χ0n) is 20.1. The fraction of sp³-hybridized carbons (Fsp3) is 0.385. The zero-order chi connectivity index (χ0) is 24.7. The summed E-state index contributed by atoms with van der Waals surface area (Å²) < 4.78 is 16.7. The molecule has 9 heteroatoms. The van der Waals surface area contributed by atoms with E-state index in [1.807, 2.05) is 12.1 Å². The van der Waals surface area contributed by atoms with Gasteiger partial charge in [-0.2, -0.15) is 0 Å². The lowest BCUT2D eigenvalue weighted by Crippen LogP contribution is -2.44. The van der Waals surface area contributed by atoms with Crippen LogP contribution in [0.1, 0.15) is 42.0 Å². The Morgan fingerprint density at radius 3 is 3.03 bits per heavy atom. The summed E-state index contributed by atoms with van der Waals surface area (Å²) in [4.78, 5) is 26.3. The first kappa shape index (κ1) is 24.3. The van der Waals surface area contributed by atoms with E-state index in [2.05, 4.69) is 39.3 Å². The van der Waals surface area contributed by atoms with Gasteiger partial charge in [0.05, 0.1) is 20.3 Å². The number of carbonyl (C=O) groups excluding carboxylic acids is 1. The minimum Gasteiger partial charge on any atom is -0.481 e. The van der Waals surface area contributed by atoms with Crippen molar-refractivity contribution in [2.75, 3.05) is 25.6 Å². The van der Waals surface area contributed by atoms with Gasteiger partial charge in [-0.1, -0.05) is 17.3 Å². The maximum Gasteiger partial charge on any atom is 0.352 e. The minimum atomic E-state index is -1.27. The summed E-state index contributed by atoms with van der Waals surface area (Å²) in [5.41, 5.74) is 4.46. The van der Waals surface area contributed by atoms with Gasteiger partial charge in [0.25, 0.3) is 6.02 Å². The summed E-state index contributed by atoms with van der Waals surface area (Å²) in [6, 6.07) is 8.53. The summed E-state index contributed by atoms with van der Waals surface area (Å²) >= 11 is 0. The van der Waals surface area contributed by atoms with Crippen LogP contribution in [0.2, 0.25) is 0 Å². The topological polar surface area (TPSA) is 104 Å². The van der Waals surface area contributed by atoms with Crippen molar-refractivity contribution >= 4 is 24.4 Å². The van der Waals surface area contributed by atoms with Crippen LogP contribution >= 0.6 is 0 Å². The van der Waals surface area contributed by atoms with E-state index in [0.29, 0.717) is 18.3 Å². The Labute approximate surface area is 204 Å². The molecular formula is C26H30N4O5. The Morgan fingerprint density at radius 1 is 1.34 bits per heavy atom. The van der Waals surface area contributed by atoms with Crippen LogP contribution in [-0.4, -0.2) is 49.6 Å². The molecule has 1 N–H and O–H groups in total. The first-order chi connectivity index (χ1) is 17.1. The molecule has 4 rings (SSSR count). The average Bonchev–Trinajstić information content (AvgIpc) is 3.52. The highest BCUT2D eigenvalue weighted by Crippen LogP contribution is 2.35. The Bertz CT molecular complexity index is 1150. The molecule has 2 aromatic rings. The van der Waals surface area contributed by atoms with Gasteiger partial charge < -0.3 is 24.4 Å². The smallest absolute Gasteiger partial charge is 0.352 e. The number of anilines is 1. The maximum atomic E-state index is 12.8. The third-order valence-corrected chi connectivity index (χ3v) is 6.10. The van der Waals surface area contributed by atoms with Gasteiger partial charge in [0.1, 0.15) is 6.26 Å². The molecule has 0 saturated heterocycles. The number of nitrogens with zero attached hydrogens (tertiary/aromatic N) is 3. The van der Waals surface area contributed by atoms with E-state index in [-0.39, 0.29) is 19.6 Å². The fourth-order valence-corrected chi connectivity index (χ4v) is 4.41. The molecule has 1 aliphatic carbocycles. The highest BCUT2D eigenvalue weighted by atomic mass is 16.6. The SMILES string of the molecule is C=NO/C=C\CC1(C(=O)OCC)CN=C(Nc2c(Cc3ccnc(OC)c3)ccc3c2CCC3)O1. The van der Waals surface area contributed by atoms with Gasteiger partial charge in [0, 0.05) is 31.1 Å². The van der Waals surface area contributed by atoms with E-state index in [1.165, 1.54) is 17.4 Å². The summed E-state index contributed by atoms with van der Waals surface area (Å²) in [6.07, 6.45) is 8.74. The molecule has 1 aliphatic heterocycles. The molecule has 0 saturated carbocycles. The normalized spacial score (nSPS) is 18.5. The first-order valence-electron chi connectivity index (χ1n) is 11.7. The van der Waals surface area contributed by atoms with Gasteiger partial charge >= 0.3 is 5.97 Å². The van der Waals surface area contributed by atoms with Crippen molar-refractivity contribution in [3.8, 4) is 5.88 Å². The Morgan fingerprint density at radius 2 is 2.23 bits per heavy atom. The number of aromatic nitrogens is 1. The van der Waals surface area contributed by atoms with Crippen molar-refractivity contribution in [2.45, 2.75) is 44.6 Å². The number of aryl methyl sites for hydroxylation is 1. The van der Waals surface area contributed by atoms with Crippen molar-refractivity contribution in [1.82, 2.24) is 4.98 Å². The molecule has 184 valence electrons. The Hall–Kier alpha value is -3.88. The van der Waals surface area contributed by atoms with E-state index >= 15 is 0 Å². The van der Waals surface area contributed by atoms with Crippen LogP contribution in [0, 0.1) is 0 Å². The molecule has 1 unspecified atom stereocenters. The van der Waals surface area contributed by atoms with E-state index in [9.17, 15) is 4.79 Å². The van der Waals surface area contributed by atoms with Crippen molar-refractivity contribution in [1.29, 1.82) is 0 Å². The summed E-state index contributed by atoms with van der Waals surface area (Å²) in [5, 5.41) is 6.72. The number of carbonyl (C=O) groups is 1. The molecule has 1 aromatic heterocycles. The van der Waals surface area contributed by atoms with Gasteiger partial charge in [-0.15, -0.1) is 0 Å². The number of fused-ring (bicyclic) bond motifs is 1. The second kappa shape index (κ2) is 11.0. The standard InChI is InChI=1S/C26H30N4O5/c1-4-33-24(31)26(12-6-14-34-27-2)17-29-25(35-26)30-23-20(10-9-19-7-5-8-21(19)23)15-18-11-13-28-22(16-18)32-3/h6,9-11,13-14,16H,2,4-5,7-8,12,15,17H2,1,3H3,(H,29,30)/b14-6-. The number of hydrogen-bond donors (Lipinski definition) is 1. The second-order valence-corrected chi connectivity index (χ2v) is 8.35. The van der Waals surface area contributed by atoms with E-state index in [4.69, 9.17) is 19.0 Å². The highest BCUT2D eigenvalue weighted by Gasteiger charge is 2.46. The molecule has 9 nitrogen and oxygen atoms in total. The van der Waals surface area contributed by atoms with E-state index in [0.717, 1.165) is 36.1 Å². The quantitative estimate of drug-likeness (QED) is 0.240. The zero-order valence-corrected chi connectivity index (χ0v) is 20.1. The molecule has 35 heavy (non-hydrogen) atoms. The van der Waals surface area contributed by atoms with Crippen LogP contribution in [0.15, 0.2) is 52.9 Å². The Kier molecular flexibility index (Phi) is 7.64. The summed E-state index contributed by atoms with van der Waals surface area (Å²) in [7, 11) is 1.61. The van der Waals surface area contributed by atoms with Crippen molar-refractivity contribution in [3.63, 3.8) is 0 Å². The van der Waals surface area contributed by atoms with Crippen LogP contribution in [-0.2, 0) is 38.4 Å². The number of aliphatic imine (C=N–C) groups is 1. The van der Waals surface area contributed by atoms with Crippen molar-refractivity contribution in [3.05, 3.63) is 65.1 Å². The van der Waals surface area contributed by atoms with Gasteiger partial charge in [0.15, 0.2) is 0 Å². The number of rotatable bonds is 10. The van der Waals surface area contributed by atoms with Gasteiger partial charge in [-0.25, -0.2) is 14.8 Å². The average molecular weight is 479 g/mol. The van der Waals surface area contributed by atoms with Crippen molar-refractivity contribution in [2.24, 2.45) is 10.1 Å². The summed E-state index contributed by atoms with van der Waals surface area (Å²) in [5.74, 6) is 0.101. The number of methoxy groups -OCH3 is 1. The van der Waals surface area contributed by atoms with Crippen LogP contribution < -0.4 is 10.1 Å². The lowest BCUT2D eigenvalue weighted by Gasteiger charge is -2.25. The molecule has 1 atom stereocenters. The van der Waals surface area contributed by atoms with Gasteiger partial charge in [-0.05, 0) is 67.0 Å². The molecule has 0 spiro atoms. The number of pyridine rings is 1. The van der Waals surface area contributed by atoms with E-state index in [1.54, 1.807) is 26.3 Å². The molecular weight excluding hydrogens is 448 g/mol. The van der Waals surface area contributed by atoms with Crippen molar-refractivity contribution < 1.29 is 23.8 Å². The lowest BCUT2D eigenvalue weighted by atomic mass is 9.98. The number of hydrogen-bond acceptors (Lipinski definition) is 9. The van der Waals surface area contributed by atoms with Crippen LogP contribution in [0.5, 0.6) is 5.88 Å². The monoisotopic (exact) mass is 478 g/mol. The third-order valence-electron chi connectivity index (χ3n) is 6.10. The molecule has 0 fully saturated rings. The Balaban J connectivity index is 1.59. The number of amidine groups is 1.